The summed E-state index contributed by atoms with van der Waals surface area (Å²) in [4.78, 5) is 0. The predicted molar refractivity (Wildman–Crippen MR) is 55.0 cm³/mol. The van der Waals surface area contributed by atoms with Crippen LogP contribution in [0, 0.1) is 5.92 Å². The van der Waals surface area contributed by atoms with Gasteiger partial charge in [-0.1, -0.05) is 6.92 Å². The molecule has 0 saturated carbocycles. The molecule has 0 aliphatic carbocycles. The molecule has 1 fully saturated rings. The number of hydrogen-bond donors (Lipinski definition) is 1. The lowest BCUT2D eigenvalue weighted by molar-refractivity contribution is 0.0544. The Balaban J connectivity index is 2.04. The standard InChI is InChI=1S/C11H19NO2/c1-8-5-7-14-11(8)10(12-2)9-4-3-6-13-9/h4,8,10-12H,3,5-7H2,1-2H3. The Morgan fingerprint density at radius 2 is 2.36 bits per heavy atom. The summed E-state index contributed by atoms with van der Waals surface area (Å²) < 4.78 is 11.3. The summed E-state index contributed by atoms with van der Waals surface area (Å²) in [6.07, 6.45) is 4.66. The highest BCUT2D eigenvalue weighted by Gasteiger charge is 2.34. The molecule has 2 rings (SSSR count). The Labute approximate surface area is 85.5 Å². The van der Waals surface area contributed by atoms with Crippen molar-refractivity contribution >= 4 is 0 Å². The molecular weight excluding hydrogens is 178 g/mol. The lowest BCUT2D eigenvalue weighted by Crippen LogP contribution is -2.41. The minimum absolute atomic E-state index is 0.245. The number of rotatable bonds is 3. The SMILES string of the molecule is CNC(C1=CCCO1)C1OCCC1C. The highest BCUT2D eigenvalue weighted by atomic mass is 16.5. The first-order valence-corrected chi connectivity index (χ1v) is 5.44. The fourth-order valence-corrected chi connectivity index (χ4v) is 2.27. The zero-order chi connectivity index (χ0) is 9.97. The van der Waals surface area contributed by atoms with E-state index in [2.05, 4.69) is 18.3 Å². The van der Waals surface area contributed by atoms with Crippen molar-refractivity contribution in [2.75, 3.05) is 20.3 Å². The molecular formula is C11H19NO2. The maximum absolute atomic E-state index is 5.75. The van der Waals surface area contributed by atoms with E-state index in [1.807, 2.05) is 7.05 Å². The monoisotopic (exact) mass is 197 g/mol. The second-order valence-corrected chi connectivity index (χ2v) is 4.11. The van der Waals surface area contributed by atoms with Gasteiger partial charge in [0.1, 0.15) is 5.76 Å². The van der Waals surface area contributed by atoms with Crippen molar-refractivity contribution in [1.82, 2.24) is 5.32 Å². The molecule has 2 aliphatic heterocycles. The first-order valence-electron chi connectivity index (χ1n) is 5.44. The second-order valence-electron chi connectivity index (χ2n) is 4.11. The van der Waals surface area contributed by atoms with Crippen molar-refractivity contribution in [3.63, 3.8) is 0 Å². The van der Waals surface area contributed by atoms with E-state index in [-0.39, 0.29) is 12.1 Å². The normalized spacial score (nSPS) is 34.0. The molecule has 1 N–H and O–H groups in total. The summed E-state index contributed by atoms with van der Waals surface area (Å²) in [5.74, 6) is 1.70. The molecule has 0 bridgehead atoms. The average molecular weight is 197 g/mol. The van der Waals surface area contributed by atoms with Gasteiger partial charge in [0.15, 0.2) is 0 Å². The molecule has 0 spiro atoms. The minimum atomic E-state index is 0.245. The van der Waals surface area contributed by atoms with Gasteiger partial charge in [-0.2, -0.15) is 0 Å². The summed E-state index contributed by atoms with van der Waals surface area (Å²) in [6, 6.07) is 0.245. The third-order valence-electron chi connectivity index (χ3n) is 3.12. The summed E-state index contributed by atoms with van der Waals surface area (Å²) >= 11 is 0. The van der Waals surface area contributed by atoms with Gasteiger partial charge in [-0.25, -0.2) is 0 Å². The van der Waals surface area contributed by atoms with Gasteiger partial charge in [-0.15, -0.1) is 0 Å². The molecule has 1 saturated heterocycles. The van der Waals surface area contributed by atoms with Gasteiger partial charge in [0.25, 0.3) is 0 Å². The van der Waals surface area contributed by atoms with Crippen molar-refractivity contribution in [1.29, 1.82) is 0 Å². The van der Waals surface area contributed by atoms with Crippen LogP contribution in [0.25, 0.3) is 0 Å². The minimum Gasteiger partial charge on any atom is -0.496 e. The van der Waals surface area contributed by atoms with E-state index >= 15 is 0 Å². The molecule has 80 valence electrons. The molecule has 2 aliphatic rings. The summed E-state index contributed by atoms with van der Waals surface area (Å²) in [5, 5.41) is 3.30. The van der Waals surface area contributed by atoms with E-state index in [4.69, 9.17) is 9.47 Å². The first kappa shape index (κ1) is 9.99. The van der Waals surface area contributed by atoms with Gasteiger partial charge < -0.3 is 14.8 Å². The topological polar surface area (TPSA) is 30.5 Å². The fourth-order valence-electron chi connectivity index (χ4n) is 2.27. The molecule has 3 nitrogen and oxygen atoms in total. The number of hydrogen-bond acceptors (Lipinski definition) is 3. The molecule has 0 aromatic carbocycles. The van der Waals surface area contributed by atoms with Crippen LogP contribution in [0.2, 0.25) is 0 Å². The lowest BCUT2D eigenvalue weighted by Gasteiger charge is -2.26. The number of nitrogens with one attached hydrogen (secondary N) is 1. The quantitative estimate of drug-likeness (QED) is 0.740. The third-order valence-corrected chi connectivity index (χ3v) is 3.12. The fraction of sp³-hybridized carbons (Fsp3) is 0.818. The van der Waals surface area contributed by atoms with E-state index in [1.165, 1.54) is 0 Å². The van der Waals surface area contributed by atoms with Crippen LogP contribution in [0.5, 0.6) is 0 Å². The van der Waals surface area contributed by atoms with Gasteiger partial charge in [0, 0.05) is 13.0 Å². The van der Waals surface area contributed by atoms with Crippen molar-refractivity contribution in [3.8, 4) is 0 Å². The Kier molecular flexibility index (Phi) is 3.08. The van der Waals surface area contributed by atoms with Crippen LogP contribution in [0.4, 0.5) is 0 Å². The van der Waals surface area contributed by atoms with Gasteiger partial charge in [0.05, 0.1) is 18.8 Å². The molecule has 0 radical (unpaired) electrons. The molecule has 3 unspecified atom stereocenters. The lowest BCUT2D eigenvalue weighted by atomic mass is 9.96. The Bertz CT molecular complexity index is 227. The van der Waals surface area contributed by atoms with E-state index in [0.29, 0.717) is 5.92 Å². The van der Waals surface area contributed by atoms with Gasteiger partial charge in [-0.05, 0) is 25.5 Å². The Hall–Kier alpha value is -0.540. The molecule has 14 heavy (non-hydrogen) atoms. The molecule has 0 aromatic heterocycles. The van der Waals surface area contributed by atoms with Crippen LogP contribution in [0.1, 0.15) is 19.8 Å². The molecule has 3 heteroatoms. The van der Waals surface area contributed by atoms with Crippen molar-refractivity contribution in [3.05, 3.63) is 11.8 Å². The Morgan fingerprint density at radius 1 is 1.50 bits per heavy atom. The van der Waals surface area contributed by atoms with Gasteiger partial charge >= 0.3 is 0 Å². The van der Waals surface area contributed by atoms with E-state index in [1.54, 1.807) is 0 Å². The maximum atomic E-state index is 5.75. The Morgan fingerprint density at radius 3 is 2.86 bits per heavy atom. The number of ether oxygens (including phenoxy) is 2. The largest absolute Gasteiger partial charge is 0.496 e. The second kappa shape index (κ2) is 4.32. The first-order chi connectivity index (χ1) is 6.83. The van der Waals surface area contributed by atoms with Crippen LogP contribution in [0.3, 0.4) is 0 Å². The van der Waals surface area contributed by atoms with Gasteiger partial charge in [0.2, 0.25) is 0 Å². The molecule has 3 atom stereocenters. The number of likely N-dealkylation sites (N-methyl/N-ethyl adjacent to an activating group) is 1. The smallest absolute Gasteiger partial charge is 0.112 e. The van der Waals surface area contributed by atoms with Crippen molar-refractivity contribution in [2.24, 2.45) is 5.92 Å². The average Bonchev–Trinajstić information content (AvgIpc) is 2.80. The summed E-state index contributed by atoms with van der Waals surface area (Å²) in [5.41, 5.74) is 0. The zero-order valence-electron chi connectivity index (χ0n) is 8.95. The van der Waals surface area contributed by atoms with Crippen molar-refractivity contribution < 1.29 is 9.47 Å². The van der Waals surface area contributed by atoms with Crippen LogP contribution < -0.4 is 5.32 Å². The van der Waals surface area contributed by atoms with E-state index < -0.39 is 0 Å². The highest BCUT2D eigenvalue weighted by Crippen LogP contribution is 2.28. The van der Waals surface area contributed by atoms with Crippen LogP contribution in [-0.2, 0) is 9.47 Å². The van der Waals surface area contributed by atoms with Gasteiger partial charge in [-0.3, -0.25) is 0 Å². The van der Waals surface area contributed by atoms with E-state index in [9.17, 15) is 0 Å². The zero-order valence-corrected chi connectivity index (χ0v) is 8.95. The predicted octanol–water partition coefficient (Wildman–Crippen LogP) is 1.30. The van der Waals surface area contributed by atoms with E-state index in [0.717, 1.165) is 31.8 Å². The van der Waals surface area contributed by atoms with Crippen LogP contribution >= 0.6 is 0 Å². The molecule has 0 aromatic rings. The van der Waals surface area contributed by atoms with Crippen molar-refractivity contribution in [2.45, 2.75) is 31.9 Å². The maximum Gasteiger partial charge on any atom is 0.112 e. The summed E-state index contributed by atoms with van der Waals surface area (Å²) in [7, 11) is 1.97. The molecule has 2 heterocycles. The van der Waals surface area contributed by atoms with Crippen LogP contribution in [0.15, 0.2) is 11.8 Å². The summed E-state index contributed by atoms with van der Waals surface area (Å²) in [6.45, 7) is 3.96. The third kappa shape index (κ3) is 1.79. The molecule has 0 amide bonds. The highest BCUT2D eigenvalue weighted by molar-refractivity contribution is 5.11. The van der Waals surface area contributed by atoms with Crippen LogP contribution in [-0.4, -0.2) is 32.4 Å².